The first kappa shape index (κ1) is 16.3. The number of nitrogens with one attached hydrogen (secondary N) is 1. The van der Waals surface area contributed by atoms with E-state index in [-0.39, 0.29) is 11.7 Å². The van der Waals surface area contributed by atoms with Crippen molar-refractivity contribution in [3.05, 3.63) is 56.9 Å². The highest BCUT2D eigenvalue weighted by Gasteiger charge is 2.09. The normalized spacial score (nSPS) is 10.5. The predicted molar refractivity (Wildman–Crippen MR) is 94.4 cm³/mol. The molecule has 0 atom stereocenters. The summed E-state index contributed by atoms with van der Waals surface area (Å²) in [6, 6.07) is 10.2. The lowest BCUT2D eigenvalue weighted by molar-refractivity contribution is -0.113. The van der Waals surface area contributed by atoms with E-state index in [2.05, 4.69) is 27.9 Å². The highest BCUT2D eigenvalue weighted by atomic mass is 127. The lowest BCUT2D eigenvalue weighted by Crippen LogP contribution is -2.15. The predicted octanol–water partition coefficient (Wildman–Crippen LogP) is 4.78. The summed E-state index contributed by atoms with van der Waals surface area (Å²) in [4.78, 5) is 12.9. The molecule has 5 heteroatoms. The highest BCUT2D eigenvalue weighted by molar-refractivity contribution is 14.1. The Kier molecular flexibility index (Phi) is 5.64. The molecule has 0 fully saturated rings. The number of aryl methyl sites for hydroxylation is 2. The molecule has 0 aliphatic carbocycles. The van der Waals surface area contributed by atoms with Crippen molar-refractivity contribution in [1.29, 1.82) is 0 Å². The summed E-state index contributed by atoms with van der Waals surface area (Å²) >= 11 is 3.65. The molecule has 21 heavy (non-hydrogen) atoms. The van der Waals surface area contributed by atoms with Gasteiger partial charge in [-0.2, -0.15) is 0 Å². The number of hydrogen-bond donors (Lipinski definition) is 1. The Balaban J connectivity index is 1.97. The zero-order valence-electron chi connectivity index (χ0n) is 11.7. The number of hydrogen-bond acceptors (Lipinski definition) is 2. The van der Waals surface area contributed by atoms with Crippen molar-refractivity contribution in [2.75, 3.05) is 11.1 Å². The molecule has 0 unspecified atom stereocenters. The average Bonchev–Trinajstić information content (AvgIpc) is 2.42. The Hall–Kier alpha value is -1.08. The van der Waals surface area contributed by atoms with Crippen molar-refractivity contribution in [2.45, 2.75) is 18.7 Å². The summed E-state index contributed by atoms with van der Waals surface area (Å²) in [7, 11) is 0. The molecule has 0 spiro atoms. The third-order valence-corrected chi connectivity index (χ3v) is 4.58. The Morgan fingerprint density at radius 2 is 1.76 bits per heavy atom. The van der Waals surface area contributed by atoms with Crippen molar-refractivity contribution in [3.63, 3.8) is 0 Å². The van der Waals surface area contributed by atoms with Crippen molar-refractivity contribution in [3.8, 4) is 0 Å². The molecule has 0 saturated heterocycles. The monoisotopic (exact) mass is 415 g/mol. The summed E-state index contributed by atoms with van der Waals surface area (Å²) in [5, 5.41) is 2.95. The molecule has 0 radical (unpaired) electrons. The Bertz CT molecular complexity index is 635. The van der Waals surface area contributed by atoms with Gasteiger partial charge in [-0.1, -0.05) is 0 Å². The quantitative estimate of drug-likeness (QED) is 0.576. The lowest BCUT2D eigenvalue weighted by Gasteiger charge is -2.12. The second kappa shape index (κ2) is 7.26. The number of thioether (sulfide) groups is 1. The second-order valence-corrected chi connectivity index (χ2v) is 7.00. The Labute approximate surface area is 141 Å². The van der Waals surface area contributed by atoms with Crippen LogP contribution in [0.15, 0.2) is 41.3 Å². The van der Waals surface area contributed by atoms with Gasteiger partial charge in [-0.05, 0) is 84.0 Å². The first-order valence-corrected chi connectivity index (χ1v) is 8.47. The van der Waals surface area contributed by atoms with Crippen LogP contribution in [0.2, 0.25) is 0 Å². The molecule has 2 nitrogen and oxygen atoms in total. The molecular formula is C16H15FINOS. The summed E-state index contributed by atoms with van der Waals surface area (Å²) in [5.74, 6) is -0.0260. The molecule has 2 rings (SSSR count). The third-order valence-electron chi connectivity index (χ3n) is 2.95. The van der Waals surface area contributed by atoms with Gasteiger partial charge in [0.15, 0.2) is 0 Å². The van der Waals surface area contributed by atoms with Crippen molar-refractivity contribution in [1.82, 2.24) is 0 Å². The standard InChI is InChI=1S/C16H15FINOS/c1-10-7-13(18)8-11(2)16(10)19-15(20)9-21-14-5-3-12(17)4-6-14/h3-8H,9H2,1-2H3,(H,19,20). The molecular weight excluding hydrogens is 400 g/mol. The molecule has 110 valence electrons. The first-order chi connectivity index (χ1) is 9.95. The van der Waals surface area contributed by atoms with E-state index in [4.69, 9.17) is 0 Å². The molecule has 0 aromatic heterocycles. The molecule has 0 saturated carbocycles. The van der Waals surface area contributed by atoms with E-state index >= 15 is 0 Å². The molecule has 1 N–H and O–H groups in total. The van der Waals surface area contributed by atoms with E-state index in [1.165, 1.54) is 23.9 Å². The maximum absolute atomic E-state index is 12.8. The highest BCUT2D eigenvalue weighted by Crippen LogP contribution is 2.24. The van der Waals surface area contributed by atoms with Crippen molar-refractivity contribution < 1.29 is 9.18 Å². The summed E-state index contributed by atoms with van der Waals surface area (Å²) in [5.41, 5.74) is 2.99. The van der Waals surface area contributed by atoms with Crippen LogP contribution in [0.5, 0.6) is 0 Å². The number of carbonyl (C=O) groups excluding carboxylic acids is 1. The minimum absolute atomic E-state index is 0.0586. The smallest absolute Gasteiger partial charge is 0.234 e. The molecule has 2 aromatic carbocycles. The number of halogens is 2. The number of amides is 1. The molecule has 0 aliphatic rings. The van der Waals surface area contributed by atoms with Crippen molar-refractivity contribution in [2.24, 2.45) is 0 Å². The van der Waals surface area contributed by atoms with Crippen LogP contribution in [-0.2, 0) is 4.79 Å². The zero-order chi connectivity index (χ0) is 15.4. The van der Waals surface area contributed by atoms with Gasteiger partial charge in [-0.3, -0.25) is 4.79 Å². The lowest BCUT2D eigenvalue weighted by atomic mass is 10.1. The van der Waals surface area contributed by atoms with Gasteiger partial charge in [-0.25, -0.2) is 4.39 Å². The fraction of sp³-hybridized carbons (Fsp3) is 0.188. The van der Waals surface area contributed by atoms with Crippen LogP contribution >= 0.6 is 34.4 Å². The van der Waals surface area contributed by atoms with Crippen LogP contribution < -0.4 is 5.32 Å². The third kappa shape index (κ3) is 4.71. The molecule has 1 amide bonds. The number of benzene rings is 2. The van der Waals surface area contributed by atoms with E-state index in [0.717, 1.165) is 25.3 Å². The molecule has 2 aromatic rings. The van der Waals surface area contributed by atoms with Crippen LogP contribution in [-0.4, -0.2) is 11.7 Å². The van der Waals surface area contributed by atoms with E-state index in [0.29, 0.717) is 5.75 Å². The van der Waals surface area contributed by atoms with Gasteiger partial charge in [0.2, 0.25) is 5.91 Å². The molecule has 0 aliphatic heterocycles. The minimum Gasteiger partial charge on any atom is -0.325 e. The topological polar surface area (TPSA) is 29.1 Å². The Morgan fingerprint density at radius 1 is 1.19 bits per heavy atom. The van der Waals surface area contributed by atoms with Gasteiger partial charge in [0.05, 0.1) is 5.75 Å². The van der Waals surface area contributed by atoms with Gasteiger partial charge in [0.25, 0.3) is 0 Å². The van der Waals surface area contributed by atoms with Gasteiger partial charge in [0.1, 0.15) is 5.82 Å². The number of anilines is 1. The van der Waals surface area contributed by atoms with Gasteiger partial charge in [0, 0.05) is 14.2 Å². The van der Waals surface area contributed by atoms with E-state index in [9.17, 15) is 9.18 Å². The van der Waals surface area contributed by atoms with Gasteiger partial charge in [-0.15, -0.1) is 11.8 Å². The van der Waals surface area contributed by atoms with Crippen LogP contribution in [0.25, 0.3) is 0 Å². The maximum atomic E-state index is 12.8. The Morgan fingerprint density at radius 3 is 2.33 bits per heavy atom. The SMILES string of the molecule is Cc1cc(I)cc(C)c1NC(=O)CSc1ccc(F)cc1. The van der Waals surface area contributed by atoms with Gasteiger partial charge < -0.3 is 5.32 Å². The van der Waals surface area contributed by atoms with Crippen LogP contribution in [0.3, 0.4) is 0 Å². The fourth-order valence-corrected chi connectivity index (χ4v) is 3.60. The van der Waals surface area contributed by atoms with Crippen molar-refractivity contribution >= 4 is 45.9 Å². The van der Waals surface area contributed by atoms with Crippen LogP contribution in [0.1, 0.15) is 11.1 Å². The number of carbonyl (C=O) groups is 1. The summed E-state index contributed by atoms with van der Waals surface area (Å²) < 4.78 is 14.0. The largest absolute Gasteiger partial charge is 0.325 e. The van der Waals surface area contributed by atoms with Gasteiger partial charge >= 0.3 is 0 Å². The maximum Gasteiger partial charge on any atom is 0.234 e. The summed E-state index contributed by atoms with van der Waals surface area (Å²) in [6.45, 7) is 3.97. The van der Waals surface area contributed by atoms with E-state index in [1.54, 1.807) is 12.1 Å². The number of rotatable bonds is 4. The zero-order valence-corrected chi connectivity index (χ0v) is 14.7. The summed E-state index contributed by atoms with van der Waals surface area (Å²) in [6.07, 6.45) is 0. The van der Waals surface area contributed by atoms with E-state index < -0.39 is 0 Å². The fourth-order valence-electron chi connectivity index (χ4n) is 1.96. The van der Waals surface area contributed by atoms with Crippen LogP contribution in [0, 0.1) is 23.2 Å². The first-order valence-electron chi connectivity index (χ1n) is 6.40. The molecule has 0 heterocycles. The minimum atomic E-state index is -0.270. The van der Waals surface area contributed by atoms with Crippen LogP contribution in [0.4, 0.5) is 10.1 Å². The average molecular weight is 415 g/mol. The van der Waals surface area contributed by atoms with E-state index in [1.807, 2.05) is 26.0 Å². The second-order valence-electron chi connectivity index (χ2n) is 4.71. The molecule has 0 bridgehead atoms.